The lowest BCUT2D eigenvalue weighted by Gasteiger charge is -2.06. The summed E-state index contributed by atoms with van der Waals surface area (Å²) < 4.78 is 0. The van der Waals surface area contributed by atoms with Gasteiger partial charge in [0.2, 0.25) is 0 Å². The van der Waals surface area contributed by atoms with Crippen LogP contribution in [0.1, 0.15) is 82.4 Å². The van der Waals surface area contributed by atoms with E-state index in [-0.39, 0.29) is 0 Å². The van der Waals surface area contributed by atoms with Gasteiger partial charge in [0.25, 0.3) is 0 Å². The standard InChI is InChI=1S/C18H33N3/c1-15(2)13-19-14-18-20-16-11-9-7-5-3-4-6-8-10-12-17(16)21-18/h15,19H,3-14H2,1-2H3,(H,20,21). The summed E-state index contributed by atoms with van der Waals surface area (Å²) in [6.45, 7) is 6.43. The van der Waals surface area contributed by atoms with Crippen molar-refractivity contribution in [1.29, 1.82) is 0 Å². The summed E-state index contributed by atoms with van der Waals surface area (Å²) in [7, 11) is 0. The molecule has 0 bridgehead atoms. The first-order chi connectivity index (χ1) is 10.3. The topological polar surface area (TPSA) is 40.7 Å². The molecule has 1 aromatic rings. The van der Waals surface area contributed by atoms with Gasteiger partial charge in [0.05, 0.1) is 12.2 Å². The molecule has 1 heterocycles. The fourth-order valence-corrected chi connectivity index (χ4v) is 3.14. The first-order valence-corrected chi connectivity index (χ1v) is 9.03. The Labute approximate surface area is 130 Å². The Hall–Kier alpha value is -0.830. The van der Waals surface area contributed by atoms with E-state index in [4.69, 9.17) is 4.98 Å². The summed E-state index contributed by atoms with van der Waals surface area (Å²) in [6.07, 6.45) is 13.4. The van der Waals surface area contributed by atoms with Crippen LogP contribution in [0.4, 0.5) is 0 Å². The molecule has 2 N–H and O–H groups in total. The fraction of sp³-hybridized carbons (Fsp3) is 0.833. The molecule has 0 atom stereocenters. The summed E-state index contributed by atoms with van der Waals surface area (Å²) >= 11 is 0. The molecule has 1 aliphatic carbocycles. The Morgan fingerprint density at radius 3 is 2.24 bits per heavy atom. The maximum absolute atomic E-state index is 4.86. The predicted octanol–water partition coefficient (Wildman–Crippen LogP) is 4.37. The van der Waals surface area contributed by atoms with E-state index in [1.54, 1.807) is 0 Å². The molecular weight excluding hydrogens is 258 g/mol. The van der Waals surface area contributed by atoms with Crippen LogP contribution in [-0.4, -0.2) is 16.5 Å². The molecule has 0 fully saturated rings. The molecule has 1 aromatic heterocycles. The van der Waals surface area contributed by atoms with E-state index < -0.39 is 0 Å². The number of aryl methyl sites for hydroxylation is 2. The van der Waals surface area contributed by atoms with Gasteiger partial charge in [0.15, 0.2) is 0 Å². The predicted molar refractivity (Wildman–Crippen MR) is 89.5 cm³/mol. The lowest BCUT2D eigenvalue weighted by atomic mass is 10.0. The van der Waals surface area contributed by atoms with Crippen LogP contribution in [0.15, 0.2) is 0 Å². The third kappa shape index (κ3) is 6.21. The highest BCUT2D eigenvalue weighted by molar-refractivity contribution is 5.15. The highest BCUT2D eigenvalue weighted by Gasteiger charge is 2.10. The number of nitrogens with zero attached hydrogens (tertiary/aromatic N) is 1. The normalized spacial score (nSPS) is 18.0. The Morgan fingerprint density at radius 1 is 0.952 bits per heavy atom. The van der Waals surface area contributed by atoms with Gasteiger partial charge in [-0.3, -0.25) is 0 Å². The monoisotopic (exact) mass is 291 g/mol. The number of imidazole rings is 1. The molecule has 21 heavy (non-hydrogen) atoms. The minimum absolute atomic E-state index is 0.695. The molecule has 0 amide bonds. The van der Waals surface area contributed by atoms with Crippen LogP contribution in [0, 0.1) is 5.92 Å². The van der Waals surface area contributed by atoms with Crippen molar-refractivity contribution < 1.29 is 0 Å². The van der Waals surface area contributed by atoms with Crippen LogP contribution in [0.3, 0.4) is 0 Å². The number of hydrogen-bond acceptors (Lipinski definition) is 2. The van der Waals surface area contributed by atoms with Crippen LogP contribution in [0.2, 0.25) is 0 Å². The molecule has 0 unspecified atom stereocenters. The molecule has 0 aromatic carbocycles. The van der Waals surface area contributed by atoms with Crippen LogP contribution >= 0.6 is 0 Å². The van der Waals surface area contributed by atoms with Crippen LogP contribution in [0.25, 0.3) is 0 Å². The molecule has 0 saturated heterocycles. The number of hydrogen-bond donors (Lipinski definition) is 2. The largest absolute Gasteiger partial charge is 0.345 e. The van der Waals surface area contributed by atoms with Crippen LogP contribution < -0.4 is 5.32 Å². The molecule has 0 aliphatic heterocycles. The molecule has 0 saturated carbocycles. The van der Waals surface area contributed by atoms with E-state index in [2.05, 4.69) is 24.1 Å². The van der Waals surface area contributed by atoms with Crippen molar-refractivity contribution in [2.45, 2.75) is 84.6 Å². The van der Waals surface area contributed by atoms with E-state index in [9.17, 15) is 0 Å². The number of aromatic nitrogens is 2. The minimum Gasteiger partial charge on any atom is -0.345 e. The van der Waals surface area contributed by atoms with Crippen molar-refractivity contribution in [3.8, 4) is 0 Å². The molecule has 3 heteroatoms. The third-order valence-electron chi connectivity index (χ3n) is 4.35. The molecular formula is C18H33N3. The quantitative estimate of drug-likeness (QED) is 0.864. The fourth-order valence-electron chi connectivity index (χ4n) is 3.14. The van der Waals surface area contributed by atoms with E-state index in [0.717, 1.165) is 25.3 Å². The third-order valence-corrected chi connectivity index (χ3v) is 4.35. The molecule has 3 nitrogen and oxygen atoms in total. The maximum atomic E-state index is 4.86. The highest BCUT2D eigenvalue weighted by atomic mass is 15.0. The first-order valence-electron chi connectivity index (χ1n) is 9.03. The van der Waals surface area contributed by atoms with Gasteiger partial charge in [-0.05, 0) is 38.1 Å². The zero-order valence-corrected chi connectivity index (χ0v) is 14.0. The molecule has 0 spiro atoms. The average Bonchev–Trinajstić information content (AvgIpc) is 2.80. The van der Waals surface area contributed by atoms with E-state index in [1.165, 1.54) is 69.2 Å². The Bertz CT molecular complexity index is 366. The van der Waals surface area contributed by atoms with Crippen molar-refractivity contribution in [1.82, 2.24) is 15.3 Å². The van der Waals surface area contributed by atoms with Crippen molar-refractivity contribution in [3.05, 3.63) is 17.2 Å². The second-order valence-corrected chi connectivity index (χ2v) is 6.96. The maximum Gasteiger partial charge on any atom is 0.120 e. The smallest absolute Gasteiger partial charge is 0.120 e. The number of aromatic amines is 1. The van der Waals surface area contributed by atoms with Crippen molar-refractivity contribution >= 4 is 0 Å². The van der Waals surface area contributed by atoms with Crippen molar-refractivity contribution in [3.63, 3.8) is 0 Å². The number of rotatable bonds is 4. The van der Waals surface area contributed by atoms with E-state index >= 15 is 0 Å². The summed E-state index contributed by atoms with van der Waals surface area (Å²) in [5, 5.41) is 3.49. The van der Waals surface area contributed by atoms with Crippen molar-refractivity contribution in [2.24, 2.45) is 5.92 Å². The van der Waals surface area contributed by atoms with Gasteiger partial charge in [-0.15, -0.1) is 0 Å². The Kier molecular flexibility index (Phi) is 7.28. The van der Waals surface area contributed by atoms with E-state index in [1.807, 2.05) is 0 Å². The van der Waals surface area contributed by atoms with E-state index in [0.29, 0.717) is 5.92 Å². The molecule has 120 valence electrons. The van der Waals surface area contributed by atoms with Crippen LogP contribution in [-0.2, 0) is 19.4 Å². The van der Waals surface area contributed by atoms with Gasteiger partial charge in [-0.1, -0.05) is 52.4 Å². The molecule has 2 rings (SSSR count). The second kappa shape index (κ2) is 9.24. The summed E-state index contributed by atoms with van der Waals surface area (Å²) in [4.78, 5) is 8.44. The summed E-state index contributed by atoms with van der Waals surface area (Å²) in [5.41, 5.74) is 2.76. The zero-order valence-electron chi connectivity index (χ0n) is 14.0. The Morgan fingerprint density at radius 2 is 1.57 bits per heavy atom. The average molecular weight is 291 g/mol. The lowest BCUT2D eigenvalue weighted by molar-refractivity contribution is 0.544. The number of fused-ring (bicyclic) bond motifs is 1. The summed E-state index contributed by atoms with van der Waals surface area (Å²) in [6, 6.07) is 0. The van der Waals surface area contributed by atoms with Gasteiger partial charge in [0.1, 0.15) is 5.82 Å². The molecule has 1 aliphatic rings. The molecule has 0 radical (unpaired) electrons. The Balaban J connectivity index is 1.92. The zero-order chi connectivity index (χ0) is 14.9. The highest BCUT2D eigenvalue weighted by Crippen LogP contribution is 2.17. The van der Waals surface area contributed by atoms with Gasteiger partial charge >= 0.3 is 0 Å². The van der Waals surface area contributed by atoms with Gasteiger partial charge in [-0.2, -0.15) is 0 Å². The van der Waals surface area contributed by atoms with Crippen LogP contribution in [0.5, 0.6) is 0 Å². The number of nitrogens with one attached hydrogen (secondary N) is 2. The van der Waals surface area contributed by atoms with Gasteiger partial charge in [-0.25, -0.2) is 4.98 Å². The first kappa shape index (κ1) is 16.5. The van der Waals surface area contributed by atoms with Gasteiger partial charge < -0.3 is 10.3 Å². The lowest BCUT2D eigenvalue weighted by Crippen LogP contribution is -2.19. The minimum atomic E-state index is 0.695. The van der Waals surface area contributed by atoms with Crippen molar-refractivity contribution in [2.75, 3.05) is 6.54 Å². The van der Waals surface area contributed by atoms with Gasteiger partial charge in [0, 0.05) is 5.69 Å². The number of H-pyrrole nitrogens is 1. The SMILES string of the molecule is CC(C)CNCc1nc2c([nH]1)CCCCCCCCCC2. The second-order valence-electron chi connectivity index (χ2n) is 6.96. The summed E-state index contributed by atoms with van der Waals surface area (Å²) in [5.74, 6) is 1.83.